The number of rotatable bonds is 3. The molecule has 0 unspecified atom stereocenters. The monoisotopic (exact) mass is 288 g/mol. The van der Waals surface area contributed by atoms with Gasteiger partial charge in [0.25, 0.3) is 0 Å². The van der Waals surface area contributed by atoms with Crippen LogP contribution >= 0.6 is 15.9 Å². The quantitative estimate of drug-likeness (QED) is 0.927. The van der Waals surface area contributed by atoms with E-state index in [9.17, 15) is 9.50 Å². The van der Waals surface area contributed by atoms with Crippen molar-refractivity contribution in [1.82, 2.24) is 0 Å². The average Bonchev–Trinajstić information content (AvgIpc) is 2.11. The Balaban J connectivity index is 2.04. The largest absolute Gasteiger partial charge is 0.389 e. The van der Waals surface area contributed by atoms with E-state index in [-0.39, 0.29) is 11.9 Å². The maximum absolute atomic E-state index is 13.1. The molecular formula is C12H14BrFO2. The predicted molar refractivity (Wildman–Crippen MR) is 62.8 cm³/mol. The third-order valence-electron chi connectivity index (χ3n) is 3.00. The Morgan fingerprint density at radius 3 is 2.75 bits per heavy atom. The van der Waals surface area contributed by atoms with Crippen LogP contribution in [0.1, 0.15) is 18.4 Å². The van der Waals surface area contributed by atoms with Crippen LogP contribution in [0.4, 0.5) is 4.39 Å². The summed E-state index contributed by atoms with van der Waals surface area (Å²) in [5.41, 5.74) is 0.0809. The Morgan fingerprint density at radius 2 is 2.19 bits per heavy atom. The van der Waals surface area contributed by atoms with Crippen LogP contribution in [0.5, 0.6) is 0 Å². The van der Waals surface area contributed by atoms with E-state index in [2.05, 4.69) is 15.9 Å². The van der Waals surface area contributed by atoms with Crippen molar-refractivity contribution in [2.75, 3.05) is 7.11 Å². The van der Waals surface area contributed by atoms with E-state index in [1.807, 2.05) is 6.07 Å². The number of aliphatic hydroxyl groups is 1. The summed E-state index contributed by atoms with van der Waals surface area (Å²) in [7, 11) is 1.64. The van der Waals surface area contributed by atoms with E-state index in [4.69, 9.17) is 4.74 Å². The summed E-state index contributed by atoms with van der Waals surface area (Å²) >= 11 is 3.24. The number of methoxy groups -OCH3 is 1. The lowest BCUT2D eigenvalue weighted by Gasteiger charge is -2.42. The molecule has 0 radical (unpaired) electrons. The van der Waals surface area contributed by atoms with Gasteiger partial charge in [-0.15, -0.1) is 0 Å². The Labute approximate surface area is 103 Å². The van der Waals surface area contributed by atoms with E-state index < -0.39 is 5.60 Å². The number of hydrogen-bond acceptors (Lipinski definition) is 2. The summed E-state index contributed by atoms with van der Waals surface area (Å²) in [5, 5.41) is 10.1. The molecule has 0 amide bonds. The molecule has 1 aliphatic rings. The summed E-state index contributed by atoms with van der Waals surface area (Å²) in [6.07, 6.45) is 1.86. The zero-order valence-corrected chi connectivity index (χ0v) is 10.6. The van der Waals surface area contributed by atoms with Crippen molar-refractivity contribution in [3.8, 4) is 0 Å². The van der Waals surface area contributed by atoms with Crippen LogP contribution in [-0.4, -0.2) is 23.9 Å². The molecule has 1 aliphatic carbocycles. The Hall–Kier alpha value is -0.450. The minimum Gasteiger partial charge on any atom is -0.389 e. The summed E-state index contributed by atoms with van der Waals surface area (Å²) in [6.45, 7) is 0. The molecule has 2 rings (SSSR count). The van der Waals surface area contributed by atoms with Crippen LogP contribution in [-0.2, 0) is 11.2 Å². The minimum atomic E-state index is -0.728. The standard InChI is InChI=1S/C12H14BrFO2/c1-16-11-6-12(15,7-11)5-8-2-9(13)4-10(14)3-8/h2-4,11,15H,5-7H2,1H3. The normalized spacial score (nSPS) is 28.9. The molecule has 1 saturated carbocycles. The number of hydrogen-bond donors (Lipinski definition) is 1. The third-order valence-corrected chi connectivity index (χ3v) is 3.46. The van der Waals surface area contributed by atoms with Crippen molar-refractivity contribution >= 4 is 15.9 Å². The zero-order chi connectivity index (χ0) is 11.8. The molecule has 0 spiro atoms. The van der Waals surface area contributed by atoms with E-state index in [1.165, 1.54) is 12.1 Å². The first-order valence-electron chi connectivity index (χ1n) is 5.21. The van der Waals surface area contributed by atoms with Crippen molar-refractivity contribution < 1.29 is 14.2 Å². The van der Waals surface area contributed by atoms with Gasteiger partial charge < -0.3 is 9.84 Å². The Kier molecular flexibility index (Phi) is 3.33. The van der Waals surface area contributed by atoms with Crippen LogP contribution < -0.4 is 0 Å². The van der Waals surface area contributed by atoms with Crippen molar-refractivity contribution in [2.45, 2.75) is 31.0 Å². The lowest BCUT2D eigenvalue weighted by atomic mass is 9.74. The van der Waals surface area contributed by atoms with Crippen LogP contribution in [0.2, 0.25) is 0 Å². The lowest BCUT2D eigenvalue weighted by Crippen LogP contribution is -2.49. The van der Waals surface area contributed by atoms with E-state index in [0.29, 0.717) is 23.7 Å². The SMILES string of the molecule is COC1CC(O)(Cc2cc(F)cc(Br)c2)C1. The molecule has 1 aromatic carbocycles. The van der Waals surface area contributed by atoms with Gasteiger partial charge in [-0.1, -0.05) is 15.9 Å². The van der Waals surface area contributed by atoms with E-state index >= 15 is 0 Å². The maximum Gasteiger partial charge on any atom is 0.124 e. The van der Waals surface area contributed by atoms with Gasteiger partial charge in [-0.3, -0.25) is 0 Å². The molecule has 0 heterocycles. The van der Waals surface area contributed by atoms with Crippen molar-refractivity contribution in [3.05, 3.63) is 34.1 Å². The van der Waals surface area contributed by atoms with Gasteiger partial charge in [-0.2, -0.15) is 0 Å². The topological polar surface area (TPSA) is 29.5 Å². The van der Waals surface area contributed by atoms with E-state index in [0.717, 1.165) is 5.56 Å². The first-order valence-corrected chi connectivity index (χ1v) is 6.00. The van der Waals surface area contributed by atoms with Gasteiger partial charge in [0.2, 0.25) is 0 Å². The molecule has 2 nitrogen and oxygen atoms in total. The molecule has 0 aromatic heterocycles. The second-order valence-corrected chi connectivity index (χ2v) is 5.36. The molecule has 88 valence electrons. The van der Waals surface area contributed by atoms with Crippen LogP contribution in [0.15, 0.2) is 22.7 Å². The fourth-order valence-corrected chi connectivity index (χ4v) is 2.70. The first-order chi connectivity index (χ1) is 7.50. The molecular weight excluding hydrogens is 275 g/mol. The summed E-state index contributed by atoms with van der Waals surface area (Å²) in [5.74, 6) is -0.282. The zero-order valence-electron chi connectivity index (χ0n) is 9.04. The maximum atomic E-state index is 13.1. The fourth-order valence-electron chi connectivity index (χ4n) is 2.19. The second kappa shape index (κ2) is 4.43. The van der Waals surface area contributed by atoms with Crippen molar-refractivity contribution in [3.63, 3.8) is 0 Å². The summed E-state index contributed by atoms with van der Waals surface area (Å²) in [6, 6.07) is 4.70. The van der Waals surface area contributed by atoms with Gasteiger partial charge in [-0.25, -0.2) is 4.39 Å². The lowest BCUT2D eigenvalue weighted by molar-refractivity contribution is -0.126. The molecule has 1 aromatic rings. The third kappa shape index (κ3) is 2.62. The first kappa shape index (κ1) is 12.0. The van der Waals surface area contributed by atoms with Gasteiger partial charge in [0.1, 0.15) is 5.82 Å². The van der Waals surface area contributed by atoms with Gasteiger partial charge in [0.05, 0.1) is 11.7 Å². The Bertz CT molecular complexity index is 368. The Morgan fingerprint density at radius 1 is 1.50 bits per heavy atom. The highest BCUT2D eigenvalue weighted by atomic mass is 79.9. The molecule has 1 fully saturated rings. The number of ether oxygens (including phenoxy) is 1. The molecule has 4 heteroatoms. The minimum absolute atomic E-state index is 0.141. The highest BCUT2D eigenvalue weighted by Crippen LogP contribution is 2.37. The highest BCUT2D eigenvalue weighted by Gasteiger charge is 2.42. The van der Waals surface area contributed by atoms with Crippen LogP contribution in [0.3, 0.4) is 0 Å². The van der Waals surface area contributed by atoms with Crippen molar-refractivity contribution in [2.24, 2.45) is 0 Å². The molecule has 0 aliphatic heterocycles. The van der Waals surface area contributed by atoms with Crippen LogP contribution in [0, 0.1) is 5.82 Å². The summed E-state index contributed by atoms with van der Waals surface area (Å²) in [4.78, 5) is 0. The molecule has 0 saturated heterocycles. The van der Waals surface area contributed by atoms with Gasteiger partial charge in [-0.05, 0) is 23.8 Å². The van der Waals surface area contributed by atoms with E-state index in [1.54, 1.807) is 7.11 Å². The van der Waals surface area contributed by atoms with Gasteiger partial charge >= 0.3 is 0 Å². The predicted octanol–water partition coefficient (Wildman–Crippen LogP) is 2.67. The van der Waals surface area contributed by atoms with Gasteiger partial charge in [0.15, 0.2) is 0 Å². The second-order valence-electron chi connectivity index (χ2n) is 4.44. The highest BCUT2D eigenvalue weighted by molar-refractivity contribution is 9.10. The molecule has 0 atom stereocenters. The van der Waals surface area contributed by atoms with Gasteiger partial charge in [0, 0.05) is 30.8 Å². The molecule has 16 heavy (non-hydrogen) atoms. The number of halogens is 2. The van der Waals surface area contributed by atoms with Crippen molar-refractivity contribution in [1.29, 1.82) is 0 Å². The molecule has 0 bridgehead atoms. The molecule has 1 N–H and O–H groups in total. The fraction of sp³-hybridized carbons (Fsp3) is 0.500. The number of benzene rings is 1. The smallest absolute Gasteiger partial charge is 0.124 e. The van der Waals surface area contributed by atoms with Crippen LogP contribution in [0.25, 0.3) is 0 Å². The summed E-state index contributed by atoms with van der Waals surface area (Å²) < 4.78 is 19.0. The average molecular weight is 289 g/mol.